The molecule has 732 valence electrons. The number of hydrogen-bond acceptors (Lipinski definition) is 27. The Morgan fingerprint density at radius 2 is 0.557 bits per heavy atom. The summed E-state index contributed by atoms with van der Waals surface area (Å²) < 4.78 is 73.9. The van der Waals surface area contributed by atoms with E-state index in [9.17, 15) is 67.4 Å². The Balaban J connectivity index is 0.445. The third-order valence-corrected chi connectivity index (χ3v) is 21.3. The first kappa shape index (κ1) is 103. The van der Waals surface area contributed by atoms with Gasteiger partial charge < -0.3 is 71.4 Å². The van der Waals surface area contributed by atoms with Gasteiger partial charge in [0.25, 0.3) is 0 Å². The average Bonchev–Trinajstić information content (AvgIpc) is 1.19. The van der Waals surface area contributed by atoms with Gasteiger partial charge in [-0.3, -0.25) is 60.7 Å². The molecule has 3 unspecified atom stereocenters. The minimum absolute atomic E-state index is 0.000592. The van der Waals surface area contributed by atoms with Crippen LogP contribution in [-0.2, 0) is 158 Å². The number of benzene rings is 10. The van der Waals surface area contributed by atoms with Crippen LogP contribution in [0, 0.1) is 0 Å². The van der Waals surface area contributed by atoms with Crippen molar-refractivity contribution in [2.45, 2.75) is 127 Å². The van der Waals surface area contributed by atoms with Crippen molar-refractivity contribution in [3.8, 4) is 0 Å². The summed E-state index contributed by atoms with van der Waals surface area (Å²) in [5.74, 6) is -4.45. The molecule has 10 aromatic carbocycles. The average molecular weight is 1920 g/mol. The van der Waals surface area contributed by atoms with Crippen molar-refractivity contribution < 1.29 is 134 Å². The van der Waals surface area contributed by atoms with Crippen LogP contribution < -0.4 is 31.9 Å². The Labute approximate surface area is 808 Å². The van der Waals surface area contributed by atoms with Crippen LogP contribution in [0.2, 0.25) is 0 Å². The number of epoxide rings is 2. The number of unbranched alkanes of at least 4 members (excludes halogenated alkanes) is 2. The maximum atomic E-state index is 13.1. The van der Waals surface area contributed by atoms with E-state index in [2.05, 4.69) is 31.9 Å². The van der Waals surface area contributed by atoms with E-state index in [1.807, 2.05) is 127 Å². The molecule has 0 aromatic heterocycles. The molecule has 0 spiro atoms. The fourth-order valence-electron chi connectivity index (χ4n) is 14.4. The Hall–Kier alpha value is -15.8. The number of anilines is 6. The van der Waals surface area contributed by atoms with Crippen molar-refractivity contribution in [1.82, 2.24) is 0 Å². The third-order valence-electron chi connectivity index (χ3n) is 21.3. The topological polar surface area (TPSA) is 450 Å². The summed E-state index contributed by atoms with van der Waals surface area (Å²) in [7, 11) is 0. The molecule has 6 amide bonds. The second kappa shape index (κ2) is 54.2. The van der Waals surface area contributed by atoms with E-state index in [1.165, 1.54) is 0 Å². The quantitative estimate of drug-likeness (QED) is 0.00612. The van der Waals surface area contributed by atoms with E-state index in [4.69, 9.17) is 66.3 Å². The number of ether oxygens (including phenoxy) is 14. The summed E-state index contributed by atoms with van der Waals surface area (Å²) in [4.78, 5) is 164. The predicted octanol–water partition coefficient (Wildman–Crippen LogP) is 16.5. The van der Waals surface area contributed by atoms with Crippen LogP contribution in [0.25, 0.3) is 0 Å². The van der Waals surface area contributed by atoms with E-state index in [1.54, 1.807) is 115 Å². The first-order valence-corrected chi connectivity index (χ1v) is 45.8. The molecule has 3 atom stereocenters. The number of aliphatic carboxylic acids is 1. The van der Waals surface area contributed by atoms with Crippen LogP contribution in [0.5, 0.6) is 0 Å². The molecule has 0 radical (unpaired) electrons. The highest BCUT2D eigenvalue weighted by Crippen LogP contribution is 2.27. The zero-order valence-electron chi connectivity index (χ0n) is 77.2. The lowest BCUT2D eigenvalue weighted by Gasteiger charge is -2.24. The Morgan fingerprint density at radius 1 is 0.286 bits per heavy atom. The Morgan fingerprint density at radius 3 is 0.921 bits per heavy atom. The van der Waals surface area contributed by atoms with Gasteiger partial charge in [-0.15, -0.1) is 0 Å². The van der Waals surface area contributed by atoms with Crippen LogP contribution >= 0.6 is 0 Å². The normalized spacial score (nSPS) is 13.0. The number of rotatable bonds is 52. The maximum absolute atomic E-state index is 13.1. The van der Waals surface area contributed by atoms with Gasteiger partial charge in [-0.2, -0.15) is 0 Å². The zero-order chi connectivity index (χ0) is 98.6. The van der Waals surface area contributed by atoms with Gasteiger partial charge in [0.05, 0.1) is 78.5 Å². The van der Waals surface area contributed by atoms with Gasteiger partial charge in [-0.25, -0.2) is 33.6 Å². The molecule has 12 rings (SSSR count). The zero-order valence-corrected chi connectivity index (χ0v) is 77.2. The summed E-state index contributed by atoms with van der Waals surface area (Å²) in [5.41, 5.74) is 12.1. The summed E-state index contributed by atoms with van der Waals surface area (Å²) in [6, 6.07) is 72.4. The molecule has 2 saturated heterocycles. The number of carboxylic acid groups (broad SMARTS) is 1. The summed E-state index contributed by atoms with van der Waals surface area (Å²) in [6.07, 6.45) is -0.902. The molecule has 2 heterocycles. The van der Waals surface area contributed by atoms with Crippen molar-refractivity contribution in [2.75, 3.05) is 118 Å². The highest BCUT2D eigenvalue weighted by Gasteiger charge is 2.40. The van der Waals surface area contributed by atoms with E-state index in [0.29, 0.717) is 111 Å². The standard InChI is InChI=1S/C106H110N6O28/c1-106(99(119)120,140-105(126)112-90-36-15-30-80(61-90)55-79-29-13-33-87(59-79)109-102(123)137-69-92-67-135-92)70-138-103(124)110-88-34-10-25-75(56-88)48-73-19-8-22-82(52-73)62-95(115)128-39-4-5-40-132-100(121)107-85-31-11-27-77(57-85)54-78-28-12-32-86(58-78)108-101(122)133-46-44-127-43-45-131-93(113)37-2-3-38-94(114)139-104(125)111-89-35-14-26-76(60-89)49-74-20-9-23-83(53-74)64-97(117)130-42-16-41-129-96(116)63-81-21-6-17-71(50-81)47-72-18-7-24-84(51-72)65-98(118)136-68-91-66-134-91/h6-15,17-36,50-53,56-61,91-92H,2-5,16,37-49,54-55,62-70H2,1H3,(H,107,121)(H,108,122)(H,109,123)(H,110,124)(H,111,125)(H,112,126)(H,119,120). The van der Waals surface area contributed by atoms with Crippen molar-refractivity contribution >= 4 is 112 Å². The van der Waals surface area contributed by atoms with E-state index < -0.39 is 84.6 Å². The number of amides is 6. The van der Waals surface area contributed by atoms with Gasteiger partial charge in [0.15, 0.2) is 0 Å². The third kappa shape index (κ3) is 38.8. The number of carbonyl (C=O) groups is 13. The first-order valence-electron chi connectivity index (χ1n) is 45.8. The number of carboxylic acids is 1. The second-order valence-electron chi connectivity index (χ2n) is 33.3. The second-order valence-corrected chi connectivity index (χ2v) is 33.3. The minimum Gasteiger partial charge on any atom is -0.478 e. The highest BCUT2D eigenvalue weighted by atomic mass is 16.6. The SMILES string of the molecule is CC(COC(=O)Nc1cccc(Cc2cccc(CC(=O)OCCCCOC(=O)Nc3cccc(Cc4cccc(NC(=O)OCCOCCOC(=O)CCCCC(=O)OC(=O)Nc5cccc(Cc6cccc(CC(=O)OCCCOC(=O)Cc7cccc(Cc8cccc(CC(=O)OCC9CO9)c8)c7)c6)c5)c4)c3)c2)c1)(OC(=O)Nc1cccc(Cc2cccc(NC(=O)OCC3CO3)c2)c1)C(=O)O. The van der Waals surface area contributed by atoms with Crippen molar-refractivity contribution in [3.05, 3.63) is 321 Å². The molecule has 7 N–H and O–H groups in total. The number of nitrogens with one attached hydrogen (secondary N) is 6. The first-order chi connectivity index (χ1) is 67.8. The van der Waals surface area contributed by atoms with Crippen LogP contribution in [0.4, 0.5) is 62.9 Å². The smallest absolute Gasteiger partial charge is 0.419 e. The molecule has 0 saturated carbocycles. The van der Waals surface area contributed by atoms with Gasteiger partial charge in [0.2, 0.25) is 5.60 Å². The van der Waals surface area contributed by atoms with Crippen LogP contribution in [0.1, 0.15) is 130 Å². The molecular weight excluding hydrogens is 1810 g/mol. The van der Waals surface area contributed by atoms with Crippen LogP contribution in [0.15, 0.2) is 243 Å². The van der Waals surface area contributed by atoms with Crippen molar-refractivity contribution in [3.63, 3.8) is 0 Å². The number of esters is 6. The Bertz CT molecular complexity index is 5960. The maximum Gasteiger partial charge on any atom is 0.419 e. The van der Waals surface area contributed by atoms with Gasteiger partial charge in [0, 0.05) is 53.4 Å². The van der Waals surface area contributed by atoms with E-state index in [-0.39, 0.29) is 129 Å². The number of hydrogen-bond donors (Lipinski definition) is 7. The lowest BCUT2D eigenvalue weighted by molar-refractivity contribution is -0.160. The molecule has 140 heavy (non-hydrogen) atoms. The fourth-order valence-corrected chi connectivity index (χ4v) is 14.4. The summed E-state index contributed by atoms with van der Waals surface area (Å²) in [6.45, 7) is 2.09. The predicted molar refractivity (Wildman–Crippen MR) is 512 cm³/mol. The molecule has 0 bridgehead atoms. The van der Waals surface area contributed by atoms with E-state index >= 15 is 0 Å². The monoisotopic (exact) mass is 1910 g/mol. The summed E-state index contributed by atoms with van der Waals surface area (Å²) >= 11 is 0. The molecule has 2 fully saturated rings. The molecule has 34 heteroatoms. The van der Waals surface area contributed by atoms with Gasteiger partial charge >= 0.3 is 78.3 Å². The molecule has 10 aromatic rings. The van der Waals surface area contributed by atoms with Gasteiger partial charge in [-0.05, 0) is 215 Å². The fraction of sp³-hybridized carbons (Fsp3) is 0.311. The minimum atomic E-state index is -2.28. The van der Waals surface area contributed by atoms with Crippen LogP contribution in [0.3, 0.4) is 0 Å². The molecule has 2 aliphatic rings. The van der Waals surface area contributed by atoms with Gasteiger partial charge in [0.1, 0.15) is 45.2 Å². The lowest BCUT2D eigenvalue weighted by Crippen LogP contribution is -2.46. The molecular formula is C106H110N6O28. The van der Waals surface area contributed by atoms with Crippen LogP contribution in [-0.4, -0.2) is 187 Å². The molecule has 2 aliphatic heterocycles. The van der Waals surface area contributed by atoms with Crippen molar-refractivity contribution in [1.29, 1.82) is 0 Å². The van der Waals surface area contributed by atoms with Crippen molar-refractivity contribution in [2.24, 2.45) is 0 Å². The lowest BCUT2D eigenvalue weighted by atomic mass is 9.99. The number of carbonyl (C=O) groups excluding carboxylic acids is 12. The molecule has 0 aliphatic carbocycles. The van der Waals surface area contributed by atoms with E-state index in [0.717, 1.165) is 79.2 Å². The van der Waals surface area contributed by atoms with Gasteiger partial charge in [-0.1, -0.05) is 170 Å². The summed E-state index contributed by atoms with van der Waals surface area (Å²) in [5, 5.41) is 25.9. The highest BCUT2D eigenvalue weighted by molar-refractivity contribution is 5.94. The molecule has 34 nitrogen and oxygen atoms in total. The largest absolute Gasteiger partial charge is 0.478 e. The Kier molecular flexibility index (Phi) is 39.9.